The van der Waals surface area contributed by atoms with Gasteiger partial charge in [-0.25, -0.2) is 0 Å². The van der Waals surface area contributed by atoms with Gasteiger partial charge in [-0.3, -0.25) is 0 Å². The third-order valence-corrected chi connectivity index (χ3v) is 1.86. The first-order valence-electron chi connectivity index (χ1n) is 4.05. The highest BCUT2D eigenvalue weighted by Gasteiger charge is 2.18. The van der Waals surface area contributed by atoms with Gasteiger partial charge in [0.2, 0.25) is 0 Å². The van der Waals surface area contributed by atoms with Crippen molar-refractivity contribution in [3.05, 3.63) is 0 Å². The lowest BCUT2D eigenvalue weighted by molar-refractivity contribution is 0.403. The van der Waals surface area contributed by atoms with Crippen molar-refractivity contribution in [3.8, 4) is 0 Å². The Morgan fingerprint density at radius 2 is 1.67 bits per heavy atom. The minimum atomic E-state index is 0.634. The minimum absolute atomic E-state index is 0.634. The normalized spacial score (nSPS) is 29.7. The molecule has 1 aliphatic heterocycles. The molecule has 0 radical (unpaired) electrons. The van der Waals surface area contributed by atoms with Crippen molar-refractivity contribution in [2.24, 2.45) is 0 Å². The second kappa shape index (κ2) is 3.89. The highest BCUT2D eigenvalue weighted by atomic mass is 16.6. The molecule has 9 heavy (non-hydrogen) atoms. The summed E-state index contributed by atoms with van der Waals surface area (Å²) in [6.45, 7) is 3.15. The number of rotatable bonds is 1. The van der Waals surface area contributed by atoms with Crippen molar-refractivity contribution in [2.75, 3.05) is 6.61 Å². The fraction of sp³-hybridized carbons (Fsp3) is 1.00. The van der Waals surface area contributed by atoms with Crippen LogP contribution in [0.3, 0.4) is 0 Å². The molecule has 0 amide bonds. The maximum atomic E-state index is 4.86. The number of ether oxygens (including phenoxy) is 1. The Morgan fingerprint density at radius 3 is 1.67 bits per heavy atom. The zero-order valence-corrected chi connectivity index (χ0v) is 6.23. The van der Waals surface area contributed by atoms with Crippen LogP contribution in [0.25, 0.3) is 0 Å². The van der Waals surface area contributed by atoms with E-state index in [-0.39, 0.29) is 0 Å². The molecule has 2 rings (SSSR count). The van der Waals surface area contributed by atoms with Crippen molar-refractivity contribution in [2.45, 2.75) is 45.1 Å². The van der Waals surface area contributed by atoms with Crippen LogP contribution in [0.5, 0.6) is 0 Å². The lowest BCUT2D eigenvalue weighted by Gasteiger charge is -2.05. The minimum Gasteiger partial charge on any atom is -0.373 e. The predicted molar refractivity (Wildman–Crippen MR) is 38.5 cm³/mol. The zero-order chi connectivity index (χ0) is 6.53. The van der Waals surface area contributed by atoms with Crippen LogP contribution in [0.4, 0.5) is 0 Å². The van der Waals surface area contributed by atoms with Crippen LogP contribution >= 0.6 is 0 Å². The Bertz CT molecular complexity index is 59.0. The first-order valence-corrected chi connectivity index (χ1v) is 4.05. The van der Waals surface area contributed by atoms with E-state index in [2.05, 4.69) is 6.92 Å². The summed E-state index contributed by atoms with van der Waals surface area (Å²) in [4.78, 5) is 0. The van der Waals surface area contributed by atoms with Gasteiger partial charge in [-0.2, -0.15) is 0 Å². The van der Waals surface area contributed by atoms with Crippen LogP contribution in [-0.4, -0.2) is 12.7 Å². The maximum absolute atomic E-state index is 4.86. The highest BCUT2D eigenvalue weighted by molar-refractivity contribution is 4.64. The smallest absolute Gasteiger partial charge is 0.0807 e. The average Bonchev–Trinajstić information content (AvgIpc) is 2.39. The van der Waals surface area contributed by atoms with E-state index in [1.807, 2.05) is 0 Å². The number of hydrogen-bond donors (Lipinski definition) is 0. The Morgan fingerprint density at radius 1 is 1.22 bits per heavy atom. The number of epoxide rings is 1. The van der Waals surface area contributed by atoms with E-state index in [4.69, 9.17) is 4.74 Å². The molecule has 0 aromatic carbocycles. The van der Waals surface area contributed by atoms with Crippen LogP contribution in [-0.2, 0) is 4.74 Å². The van der Waals surface area contributed by atoms with E-state index in [1.54, 1.807) is 0 Å². The molecular weight excluding hydrogens is 112 g/mol. The summed E-state index contributed by atoms with van der Waals surface area (Å²) in [5, 5.41) is 0. The lowest BCUT2D eigenvalue weighted by Crippen LogP contribution is -1.85. The Hall–Kier alpha value is -0.0400. The monoisotopic (exact) mass is 128 g/mol. The molecule has 1 saturated carbocycles. The quantitative estimate of drug-likeness (QED) is 0.494. The Kier molecular flexibility index (Phi) is 3.05. The first-order chi connectivity index (χ1) is 4.43. The van der Waals surface area contributed by atoms with Gasteiger partial charge in [0.05, 0.1) is 12.7 Å². The van der Waals surface area contributed by atoms with Crippen molar-refractivity contribution in [1.29, 1.82) is 0 Å². The molecule has 54 valence electrons. The van der Waals surface area contributed by atoms with Crippen LogP contribution in [0.15, 0.2) is 0 Å². The lowest BCUT2D eigenvalue weighted by atomic mass is 10.0. The second-order valence-corrected chi connectivity index (χ2v) is 2.78. The molecule has 2 aliphatic rings. The molecule has 1 unspecified atom stereocenters. The third-order valence-electron chi connectivity index (χ3n) is 1.86. The predicted octanol–water partition coefficient (Wildman–Crippen LogP) is 2.36. The van der Waals surface area contributed by atoms with Gasteiger partial charge in [0.1, 0.15) is 0 Å². The molecule has 1 heteroatoms. The van der Waals surface area contributed by atoms with Gasteiger partial charge in [0.25, 0.3) is 0 Å². The van der Waals surface area contributed by atoms with E-state index in [1.165, 1.54) is 32.1 Å². The van der Waals surface area contributed by atoms with Crippen LogP contribution in [0, 0.1) is 0 Å². The molecule has 0 spiro atoms. The maximum Gasteiger partial charge on any atom is 0.0807 e. The van der Waals surface area contributed by atoms with Crippen molar-refractivity contribution >= 4 is 0 Å². The summed E-state index contributed by atoms with van der Waals surface area (Å²) in [5.41, 5.74) is 0. The van der Waals surface area contributed by atoms with Gasteiger partial charge in [-0.15, -0.1) is 0 Å². The standard InChI is InChI=1S/C4H8O.C4H8/c1-2-4-3-5-4;1-2-4-3-1/h4H,2-3H2,1H3;1-4H2. The molecule has 0 bridgehead atoms. The molecule has 1 aliphatic carbocycles. The molecule has 1 saturated heterocycles. The molecule has 1 heterocycles. The van der Waals surface area contributed by atoms with Crippen LogP contribution in [0.1, 0.15) is 39.0 Å². The van der Waals surface area contributed by atoms with E-state index >= 15 is 0 Å². The fourth-order valence-corrected chi connectivity index (χ4v) is 0.554. The van der Waals surface area contributed by atoms with E-state index in [9.17, 15) is 0 Å². The van der Waals surface area contributed by atoms with Crippen molar-refractivity contribution in [3.63, 3.8) is 0 Å². The summed E-state index contributed by atoms with van der Waals surface area (Å²) in [6, 6.07) is 0. The molecule has 1 nitrogen and oxygen atoms in total. The highest BCUT2D eigenvalue weighted by Crippen LogP contribution is 2.15. The second-order valence-electron chi connectivity index (χ2n) is 2.78. The van der Waals surface area contributed by atoms with Gasteiger partial charge in [0, 0.05) is 0 Å². The Balaban J connectivity index is 0.0000000922. The molecule has 0 aromatic rings. The SMILES string of the molecule is C1CCC1.CCC1CO1. The molecule has 1 atom stereocenters. The van der Waals surface area contributed by atoms with Gasteiger partial charge >= 0.3 is 0 Å². The fourth-order valence-electron chi connectivity index (χ4n) is 0.554. The Labute approximate surface area is 57.4 Å². The molecule has 0 aromatic heterocycles. The van der Waals surface area contributed by atoms with E-state index < -0.39 is 0 Å². The van der Waals surface area contributed by atoms with E-state index in [0.717, 1.165) is 6.61 Å². The van der Waals surface area contributed by atoms with Crippen LogP contribution in [0.2, 0.25) is 0 Å². The van der Waals surface area contributed by atoms with Gasteiger partial charge in [-0.05, 0) is 6.42 Å². The summed E-state index contributed by atoms with van der Waals surface area (Å²) in [7, 11) is 0. The van der Waals surface area contributed by atoms with Crippen molar-refractivity contribution < 1.29 is 4.74 Å². The van der Waals surface area contributed by atoms with Gasteiger partial charge in [-0.1, -0.05) is 32.6 Å². The zero-order valence-electron chi connectivity index (χ0n) is 6.23. The van der Waals surface area contributed by atoms with Crippen molar-refractivity contribution in [1.82, 2.24) is 0 Å². The van der Waals surface area contributed by atoms with E-state index in [0.29, 0.717) is 6.10 Å². The number of hydrogen-bond acceptors (Lipinski definition) is 1. The summed E-state index contributed by atoms with van der Waals surface area (Å²) >= 11 is 0. The largest absolute Gasteiger partial charge is 0.373 e. The summed E-state index contributed by atoms with van der Waals surface area (Å²) in [5.74, 6) is 0. The first kappa shape index (κ1) is 7.07. The average molecular weight is 128 g/mol. The summed E-state index contributed by atoms with van der Waals surface area (Å²) in [6.07, 6.45) is 7.83. The topological polar surface area (TPSA) is 12.5 Å². The molecule has 2 fully saturated rings. The van der Waals surface area contributed by atoms with Gasteiger partial charge in [0.15, 0.2) is 0 Å². The van der Waals surface area contributed by atoms with Crippen LogP contribution < -0.4 is 0 Å². The van der Waals surface area contributed by atoms with Gasteiger partial charge < -0.3 is 4.74 Å². The summed E-state index contributed by atoms with van der Waals surface area (Å²) < 4.78 is 4.86. The molecular formula is C8H16O. The molecule has 0 N–H and O–H groups in total. The third kappa shape index (κ3) is 3.52.